The lowest BCUT2D eigenvalue weighted by molar-refractivity contribution is 0.340. The minimum atomic E-state index is -0.392. The van der Waals surface area contributed by atoms with E-state index in [0.29, 0.717) is 34.1 Å². The van der Waals surface area contributed by atoms with Gasteiger partial charge < -0.3 is 14.8 Å². The van der Waals surface area contributed by atoms with E-state index in [4.69, 9.17) is 16.3 Å². The molecule has 4 rings (SSSR count). The van der Waals surface area contributed by atoms with Crippen molar-refractivity contribution in [3.63, 3.8) is 0 Å². The van der Waals surface area contributed by atoms with Gasteiger partial charge in [-0.3, -0.25) is 9.36 Å². The van der Waals surface area contributed by atoms with Gasteiger partial charge in [-0.1, -0.05) is 41.4 Å². The minimum absolute atomic E-state index is 0.125. The van der Waals surface area contributed by atoms with Crippen LogP contribution in [0.15, 0.2) is 59.4 Å². The molecule has 0 radical (unpaired) electrons. The lowest BCUT2D eigenvalue weighted by Crippen LogP contribution is -2.10. The fourth-order valence-electron chi connectivity index (χ4n) is 3.34. The first kappa shape index (κ1) is 18.2. The second kappa shape index (κ2) is 7.09. The number of halogens is 1. The van der Waals surface area contributed by atoms with Crippen LogP contribution in [-0.4, -0.2) is 21.3 Å². The van der Waals surface area contributed by atoms with Gasteiger partial charge in [-0.05, 0) is 49.7 Å². The van der Waals surface area contributed by atoms with Crippen LogP contribution in [0, 0.1) is 6.92 Å². The number of aryl methyl sites for hydroxylation is 1. The Labute approximate surface area is 166 Å². The standard InChI is InChI=1S/C22H19ClN2O3/c1-3-28-16-6-4-5-14(11-16)19-21(26)20-17(24-22(19)27)12-18(23)25(20)15-9-7-13(2)8-10-15/h4-12H,3H2,1-2H3,(H2,24,26,27). The molecule has 0 aliphatic carbocycles. The monoisotopic (exact) mass is 394 g/mol. The highest BCUT2D eigenvalue weighted by Crippen LogP contribution is 2.37. The summed E-state index contributed by atoms with van der Waals surface area (Å²) in [6.45, 7) is 4.40. The number of nitrogens with zero attached hydrogens (tertiary/aromatic N) is 1. The maximum Gasteiger partial charge on any atom is 0.260 e. The Morgan fingerprint density at radius 2 is 1.89 bits per heavy atom. The molecule has 0 aliphatic rings. The van der Waals surface area contributed by atoms with E-state index in [9.17, 15) is 9.90 Å². The topological polar surface area (TPSA) is 67.2 Å². The fraction of sp³-hybridized carbons (Fsp3) is 0.136. The molecular weight excluding hydrogens is 376 g/mol. The van der Waals surface area contributed by atoms with Crippen LogP contribution in [0.1, 0.15) is 12.5 Å². The molecule has 6 heteroatoms. The van der Waals surface area contributed by atoms with Crippen molar-refractivity contribution >= 4 is 22.6 Å². The summed E-state index contributed by atoms with van der Waals surface area (Å²) in [4.78, 5) is 15.5. The number of aromatic hydroxyl groups is 1. The number of ether oxygens (including phenoxy) is 1. The first-order chi connectivity index (χ1) is 13.5. The summed E-state index contributed by atoms with van der Waals surface area (Å²) in [5.74, 6) is 0.505. The van der Waals surface area contributed by atoms with Gasteiger partial charge >= 0.3 is 0 Å². The third kappa shape index (κ3) is 3.04. The second-order valence-electron chi connectivity index (χ2n) is 6.54. The molecule has 2 N–H and O–H groups in total. The van der Waals surface area contributed by atoms with Crippen LogP contribution in [0.2, 0.25) is 5.15 Å². The van der Waals surface area contributed by atoms with Gasteiger partial charge in [-0.15, -0.1) is 0 Å². The Kier molecular flexibility index (Phi) is 4.61. The smallest absolute Gasteiger partial charge is 0.260 e. The normalized spacial score (nSPS) is 11.1. The van der Waals surface area contributed by atoms with Crippen molar-refractivity contribution in [3.8, 4) is 28.3 Å². The summed E-state index contributed by atoms with van der Waals surface area (Å²) in [5.41, 5.74) is 3.18. The van der Waals surface area contributed by atoms with E-state index in [1.165, 1.54) is 0 Å². The number of nitrogens with one attached hydrogen (secondary N) is 1. The molecule has 0 amide bonds. The molecule has 0 saturated heterocycles. The van der Waals surface area contributed by atoms with Crippen molar-refractivity contribution in [1.29, 1.82) is 0 Å². The van der Waals surface area contributed by atoms with Crippen molar-refractivity contribution in [2.24, 2.45) is 0 Å². The maximum absolute atomic E-state index is 12.7. The summed E-state index contributed by atoms with van der Waals surface area (Å²) in [7, 11) is 0. The minimum Gasteiger partial charge on any atom is -0.505 e. The molecular formula is C22H19ClN2O3. The predicted molar refractivity (Wildman–Crippen MR) is 112 cm³/mol. The largest absolute Gasteiger partial charge is 0.505 e. The quantitative estimate of drug-likeness (QED) is 0.508. The Balaban J connectivity index is 1.99. The highest BCUT2D eigenvalue weighted by atomic mass is 35.5. The van der Waals surface area contributed by atoms with Crippen LogP contribution >= 0.6 is 11.6 Å². The number of hydrogen-bond donors (Lipinski definition) is 2. The molecule has 2 heterocycles. The van der Waals surface area contributed by atoms with Crippen molar-refractivity contribution < 1.29 is 9.84 Å². The Hall–Kier alpha value is -3.18. The van der Waals surface area contributed by atoms with E-state index in [-0.39, 0.29) is 11.3 Å². The van der Waals surface area contributed by atoms with Gasteiger partial charge in [0.15, 0.2) is 5.75 Å². The van der Waals surface area contributed by atoms with Crippen molar-refractivity contribution in [2.75, 3.05) is 6.61 Å². The van der Waals surface area contributed by atoms with Crippen molar-refractivity contribution in [1.82, 2.24) is 9.55 Å². The molecule has 0 aliphatic heterocycles. The number of rotatable bonds is 4. The van der Waals surface area contributed by atoms with Crippen LogP contribution in [0.5, 0.6) is 11.5 Å². The number of aromatic amines is 1. The first-order valence-corrected chi connectivity index (χ1v) is 9.34. The molecule has 5 nitrogen and oxygen atoms in total. The molecule has 0 atom stereocenters. The van der Waals surface area contributed by atoms with Gasteiger partial charge in [0.25, 0.3) is 5.56 Å². The molecule has 2 aromatic carbocycles. The number of fused-ring (bicyclic) bond motifs is 1. The molecule has 0 unspecified atom stereocenters. The van der Waals surface area contributed by atoms with Crippen LogP contribution in [0.4, 0.5) is 0 Å². The Morgan fingerprint density at radius 1 is 1.14 bits per heavy atom. The predicted octanol–water partition coefficient (Wildman–Crippen LogP) is 5.05. The average molecular weight is 395 g/mol. The molecule has 0 bridgehead atoms. The van der Waals surface area contributed by atoms with Gasteiger partial charge in [0.05, 0.1) is 17.7 Å². The first-order valence-electron chi connectivity index (χ1n) is 8.96. The van der Waals surface area contributed by atoms with Crippen LogP contribution in [-0.2, 0) is 0 Å². The Morgan fingerprint density at radius 3 is 2.61 bits per heavy atom. The molecule has 142 valence electrons. The second-order valence-corrected chi connectivity index (χ2v) is 6.93. The van der Waals surface area contributed by atoms with Crippen LogP contribution < -0.4 is 10.3 Å². The van der Waals surface area contributed by atoms with E-state index in [1.807, 2.05) is 44.2 Å². The molecule has 0 spiro atoms. The zero-order chi connectivity index (χ0) is 19.8. The molecule has 0 fully saturated rings. The van der Waals surface area contributed by atoms with E-state index in [2.05, 4.69) is 4.98 Å². The van der Waals surface area contributed by atoms with Gasteiger partial charge in [0.2, 0.25) is 0 Å². The van der Waals surface area contributed by atoms with Gasteiger partial charge in [-0.25, -0.2) is 0 Å². The highest BCUT2D eigenvalue weighted by Gasteiger charge is 2.20. The molecule has 2 aromatic heterocycles. The van der Waals surface area contributed by atoms with E-state index >= 15 is 0 Å². The number of benzene rings is 2. The number of pyridine rings is 1. The number of H-pyrrole nitrogens is 1. The number of aromatic nitrogens is 2. The van der Waals surface area contributed by atoms with E-state index < -0.39 is 5.56 Å². The van der Waals surface area contributed by atoms with Crippen LogP contribution in [0.25, 0.3) is 27.8 Å². The lowest BCUT2D eigenvalue weighted by Gasteiger charge is -2.12. The third-order valence-electron chi connectivity index (χ3n) is 4.62. The third-order valence-corrected chi connectivity index (χ3v) is 4.90. The highest BCUT2D eigenvalue weighted by molar-refractivity contribution is 6.31. The molecule has 4 aromatic rings. The summed E-state index contributed by atoms with van der Waals surface area (Å²) in [6, 6.07) is 16.5. The molecule has 28 heavy (non-hydrogen) atoms. The van der Waals surface area contributed by atoms with Crippen LogP contribution in [0.3, 0.4) is 0 Å². The average Bonchev–Trinajstić information content (AvgIpc) is 2.99. The number of hydrogen-bond acceptors (Lipinski definition) is 3. The maximum atomic E-state index is 12.7. The van der Waals surface area contributed by atoms with Crippen molar-refractivity contribution in [3.05, 3.63) is 75.7 Å². The zero-order valence-electron chi connectivity index (χ0n) is 15.5. The van der Waals surface area contributed by atoms with Gasteiger partial charge in [0.1, 0.15) is 16.4 Å². The van der Waals surface area contributed by atoms with Gasteiger partial charge in [0, 0.05) is 5.69 Å². The van der Waals surface area contributed by atoms with Crippen molar-refractivity contribution in [2.45, 2.75) is 13.8 Å². The summed E-state index contributed by atoms with van der Waals surface area (Å²) < 4.78 is 7.24. The van der Waals surface area contributed by atoms with Gasteiger partial charge in [-0.2, -0.15) is 0 Å². The molecule has 0 saturated carbocycles. The van der Waals surface area contributed by atoms with E-state index in [0.717, 1.165) is 11.3 Å². The zero-order valence-corrected chi connectivity index (χ0v) is 16.2. The summed E-state index contributed by atoms with van der Waals surface area (Å²) >= 11 is 6.44. The summed E-state index contributed by atoms with van der Waals surface area (Å²) in [5, 5.41) is 11.5. The van der Waals surface area contributed by atoms with E-state index in [1.54, 1.807) is 28.8 Å². The fourth-order valence-corrected chi connectivity index (χ4v) is 3.63. The summed E-state index contributed by atoms with van der Waals surface area (Å²) in [6.07, 6.45) is 0. The Bertz CT molecular complexity index is 1220. The SMILES string of the molecule is CCOc1cccc(-c2c(O)c3c(cc(Cl)n3-c3ccc(C)cc3)[nH]c2=O)c1. The lowest BCUT2D eigenvalue weighted by atomic mass is 10.1.